The average molecular weight is 393 g/mol. The van der Waals surface area contributed by atoms with Crippen LogP contribution in [0.3, 0.4) is 0 Å². The van der Waals surface area contributed by atoms with E-state index >= 15 is 0 Å². The molecule has 8 heteroatoms. The normalized spacial score (nSPS) is 10.8. The standard InChI is InChI=1S/C20H13ClN4O3/c1-27-20(26)18-17(23)12(9-22)10-25(18)14-4-2-3-11(7-14)19-24-15-6-5-13(21)8-16(15)28-19/h2-8,10H,23H2,1H3. The summed E-state index contributed by atoms with van der Waals surface area (Å²) in [7, 11) is 1.25. The largest absolute Gasteiger partial charge is 0.464 e. The van der Waals surface area contributed by atoms with Crippen LogP contribution in [0.4, 0.5) is 5.69 Å². The van der Waals surface area contributed by atoms with E-state index in [1.807, 2.05) is 12.1 Å². The van der Waals surface area contributed by atoms with Gasteiger partial charge in [0.1, 0.15) is 11.6 Å². The first-order chi connectivity index (χ1) is 13.5. The number of nitrogens with zero attached hydrogens (tertiary/aromatic N) is 3. The lowest BCUT2D eigenvalue weighted by atomic mass is 10.2. The second-order valence-corrected chi connectivity index (χ2v) is 6.40. The summed E-state index contributed by atoms with van der Waals surface area (Å²) in [5, 5.41) is 9.82. The first-order valence-corrected chi connectivity index (χ1v) is 8.55. The monoisotopic (exact) mass is 392 g/mol. The quantitative estimate of drug-likeness (QED) is 0.524. The van der Waals surface area contributed by atoms with Gasteiger partial charge in [-0.05, 0) is 30.3 Å². The number of esters is 1. The van der Waals surface area contributed by atoms with Crippen molar-refractivity contribution >= 4 is 34.4 Å². The van der Waals surface area contributed by atoms with Crippen molar-refractivity contribution in [3.05, 3.63) is 64.9 Å². The van der Waals surface area contributed by atoms with Crippen molar-refractivity contribution in [3.8, 4) is 23.2 Å². The van der Waals surface area contributed by atoms with E-state index in [9.17, 15) is 10.1 Å². The topological polar surface area (TPSA) is 107 Å². The number of benzene rings is 2. The number of rotatable bonds is 3. The molecule has 0 unspecified atom stereocenters. The Balaban J connectivity index is 1.85. The highest BCUT2D eigenvalue weighted by Crippen LogP contribution is 2.30. The molecular formula is C20H13ClN4O3. The predicted molar refractivity (Wildman–Crippen MR) is 104 cm³/mol. The zero-order valence-corrected chi connectivity index (χ0v) is 15.4. The van der Waals surface area contributed by atoms with E-state index < -0.39 is 5.97 Å². The minimum Gasteiger partial charge on any atom is -0.464 e. The molecule has 0 fully saturated rings. The molecule has 0 saturated carbocycles. The van der Waals surface area contributed by atoms with Crippen LogP contribution in [0.25, 0.3) is 28.2 Å². The summed E-state index contributed by atoms with van der Waals surface area (Å²) in [6.45, 7) is 0. The molecular weight excluding hydrogens is 380 g/mol. The number of ether oxygens (including phenoxy) is 1. The predicted octanol–water partition coefficient (Wildman–Crippen LogP) is 4.18. The van der Waals surface area contributed by atoms with Gasteiger partial charge in [-0.2, -0.15) is 5.26 Å². The number of nitriles is 1. The van der Waals surface area contributed by atoms with Gasteiger partial charge >= 0.3 is 5.97 Å². The molecule has 0 aliphatic heterocycles. The van der Waals surface area contributed by atoms with Gasteiger partial charge < -0.3 is 19.5 Å². The molecule has 0 radical (unpaired) electrons. The SMILES string of the molecule is COC(=O)c1c(N)c(C#N)cn1-c1cccc(-c2nc3ccc(Cl)cc3o2)c1. The second kappa shape index (κ2) is 6.76. The number of anilines is 1. The zero-order valence-electron chi connectivity index (χ0n) is 14.6. The lowest BCUT2D eigenvalue weighted by Gasteiger charge is -2.09. The number of aromatic nitrogens is 2. The Hall–Kier alpha value is -3.76. The van der Waals surface area contributed by atoms with Gasteiger partial charge in [-0.15, -0.1) is 0 Å². The molecule has 2 aromatic carbocycles. The second-order valence-electron chi connectivity index (χ2n) is 5.96. The number of fused-ring (bicyclic) bond motifs is 1. The molecule has 138 valence electrons. The van der Waals surface area contributed by atoms with Crippen LogP contribution in [-0.4, -0.2) is 22.6 Å². The number of carbonyl (C=O) groups is 1. The number of oxazole rings is 1. The van der Waals surface area contributed by atoms with E-state index in [0.717, 1.165) is 0 Å². The molecule has 7 nitrogen and oxygen atoms in total. The number of hydrogen-bond acceptors (Lipinski definition) is 6. The van der Waals surface area contributed by atoms with Crippen LogP contribution in [0.15, 0.2) is 53.1 Å². The van der Waals surface area contributed by atoms with E-state index in [2.05, 4.69) is 4.98 Å². The van der Waals surface area contributed by atoms with Crippen LogP contribution < -0.4 is 5.73 Å². The molecule has 4 rings (SSSR count). The van der Waals surface area contributed by atoms with Crippen molar-refractivity contribution in [1.82, 2.24) is 9.55 Å². The van der Waals surface area contributed by atoms with Gasteiger partial charge in [-0.3, -0.25) is 0 Å². The van der Waals surface area contributed by atoms with E-state index in [-0.39, 0.29) is 16.9 Å². The first-order valence-electron chi connectivity index (χ1n) is 8.18. The molecule has 4 aromatic rings. The van der Waals surface area contributed by atoms with Crippen molar-refractivity contribution in [3.63, 3.8) is 0 Å². The van der Waals surface area contributed by atoms with Gasteiger partial charge in [-0.1, -0.05) is 17.7 Å². The Morgan fingerprint density at radius 3 is 2.89 bits per heavy atom. The summed E-state index contributed by atoms with van der Waals surface area (Å²) in [4.78, 5) is 16.7. The van der Waals surface area contributed by atoms with E-state index in [4.69, 9.17) is 26.5 Å². The Morgan fingerprint density at radius 1 is 1.32 bits per heavy atom. The summed E-state index contributed by atoms with van der Waals surface area (Å²) >= 11 is 6.00. The van der Waals surface area contributed by atoms with Crippen LogP contribution in [0.5, 0.6) is 0 Å². The number of nitrogens with two attached hydrogens (primary N) is 1. The van der Waals surface area contributed by atoms with Crippen LogP contribution in [0.2, 0.25) is 5.02 Å². The lowest BCUT2D eigenvalue weighted by molar-refractivity contribution is 0.0593. The third-order valence-electron chi connectivity index (χ3n) is 4.27. The fraction of sp³-hybridized carbons (Fsp3) is 0.0500. The number of methoxy groups -OCH3 is 1. The van der Waals surface area contributed by atoms with Crippen LogP contribution >= 0.6 is 11.6 Å². The van der Waals surface area contributed by atoms with Crippen molar-refractivity contribution in [1.29, 1.82) is 5.26 Å². The van der Waals surface area contributed by atoms with E-state index in [1.165, 1.54) is 17.9 Å². The first kappa shape index (κ1) is 17.6. The molecule has 0 saturated heterocycles. The molecule has 0 aliphatic rings. The highest BCUT2D eigenvalue weighted by atomic mass is 35.5. The van der Waals surface area contributed by atoms with Crippen molar-refractivity contribution < 1.29 is 13.9 Å². The summed E-state index contributed by atoms with van der Waals surface area (Å²) in [5.74, 6) is -0.236. The molecule has 0 spiro atoms. The maximum atomic E-state index is 12.2. The maximum Gasteiger partial charge on any atom is 0.357 e. The summed E-state index contributed by atoms with van der Waals surface area (Å²) < 4.78 is 12.1. The smallest absolute Gasteiger partial charge is 0.357 e. The number of carbonyl (C=O) groups excluding carboxylic acids is 1. The summed E-state index contributed by atoms with van der Waals surface area (Å²) in [6, 6.07) is 14.3. The molecule has 2 heterocycles. The number of halogens is 1. The number of nitrogen functional groups attached to an aromatic ring is 1. The van der Waals surface area contributed by atoms with Gasteiger partial charge in [-0.25, -0.2) is 9.78 Å². The Bertz CT molecular complexity index is 1270. The molecule has 2 aromatic heterocycles. The molecule has 28 heavy (non-hydrogen) atoms. The molecule has 0 bridgehead atoms. The number of hydrogen-bond donors (Lipinski definition) is 1. The van der Waals surface area contributed by atoms with Crippen molar-refractivity contribution in [2.75, 3.05) is 12.8 Å². The summed E-state index contributed by atoms with van der Waals surface area (Å²) in [5.41, 5.74) is 8.82. The Morgan fingerprint density at radius 2 is 2.14 bits per heavy atom. The zero-order chi connectivity index (χ0) is 19.8. The third-order valence-corrected chi connectivity index (χ3v) is 4.50. The highest BCUT2D eigenvalue weighted by molar-refractivity contribution is 6.31. The molecule has 0 amide bonds. The third kappa shape index (κ3) is 2.86. The van der Waals surface area contributed by atoms with Crippen molar-refractivity contribution in [2.45, 2.75) is 0 Å². The van der Waals surface area contributed by atoms with Gasteiger partial charge in [0.25, 0.3) is 0 Å². The van der Waals surface area contributed by atoms with Gasteiger partial charge in [0.05, 0.1) is 18.4 Å². The lowest BCUT2D eigenvalue weighted by Crippen LogP contribution is -2.11. The highest BCUT2D eigenvalue weighted by Gasteiger charge is 2.22. The van der Waals surface area contributed by atoms with Gasteiger partial charge in [0.2, 0.25) is 5.89 Å². The fourth-order valence-electron chi connectivity index (χ4n) is 2.93. The minimum atomic E-state index is -0.638. The van der Waals surface area contributed by atoms with Crippen LogP contribution in [0, 0.1) is 11.3 Å². The van der Waals surface area contributed by atoms with Crippen LogP contribution in [-0.2, 0) is 4.74 Å². The van der Waals surface area contributed by atoms with Gasteiger partial charge in [0.15, 0.2) is 11.3 Å². The van der Waals surface area contributed by atoms with E-state index in [0.29, 0.717) is 33.3 Å². The minimum absolute atomic E-state index is 0.0660. The Kier molecular flexibility index (Phi) is 4.26. The fourth-order valence-corrected chi connectivity index (χ4v) is 3.09. The van der Waals surface area contributed by atoms with Gasteiger partial charge in [0, 0.05) is 28.5 Å². The molecule has 2 N–H and O–H groups in total. The molecule has 0 atom stereocenters. The average Bonchev–Trinajstić information content (AvgIpc) is 3.28. The maximum absolute atomic E-state index is 12.2. The van der Waals surface area contributed by atoms with Crippen LogP contribution in [0.1, 0.15) is 16.1 Å². The van der Waals surface area contributed by atoms with E-state index in [1.54, 1.807) is 36.4 Å². The Labute approximate surface area is 164 Å². The summed E-state index contributed by atoms with van der Waals surface area (Å²) in [6.07, 6.45) is 1.49. The van der Waals surface area contributed by atoms with Crippen molar-refractivity contribution in [2.24, 2.45) is 0 Å². The molecule has 0 aliphatic carbocycles.